The number of fused-ring (bicyclic) bond motifs is 1. The number of para-hydroxylation sites is 1. The molecule has 0 aliphatic heterocycles. The first-order valence-electron chi connectivity index (χ1n) is 7.10. The molecule has 0 bridgehead atoms. The molecule has 0 aliphatic carbocycles. The number of H-pyrrole nitrogens is 1. The molecule has 1 N–H and O–H groups in total. The Bertz CT molecular complexity index is 1020. The van der Waals surface area contributed by atoms with Crippen LogP contribution >= 0.6 is 0 Å². The molecular formula is C17H14N4O2. The van der Waals surface area contributed by atoms with E-state index in [1.165, 1.54) is 0 Å². The molecule has 0 radical (unpaired) electrons. The number of carbonyl (C=O) groups is 1. The van der Waals surface area contributed by atoms with Crippen molar-refractivity contribution in [2.75, 3.05) is 0 Å². The molecule has 6 heteroatoms. The van der Waals surface area contributed by atoms with Gasteiger partial charge in [-0.1, -0.05) is 18.2 Å². The van der Waals surface area contributed by atoms with Crippen LogP contribution in [0.1, 0.15) is 27.2 Å². The zero-order valence-corrected chi connectivity index (χ0v) is 12.8. The zero-order chi connectivity index (χ0) is 16.6. The van der Waals surface area contributed by atoms with E-state index in [1.807, 2.05) is 30.3 Å². The van der Waals surface area contributed by atoms with Gasteiger partial charge >= 0.3 is 0 Å². The molecule has 2 aromatic heterocycles. The second kappa shape index (κ2) is 5.54. The lowest BCUT2D eigenvalue weighted by Crippen LogP contribution is -2.30. The van der Waals surface area contributed by atoms with Gasteiger partial charge in [-0.25, -0.2) is 4.68 Å². The number of benzene rings is 1. The van der Waals surface area contributed by atoms with Crippen LogP contribution in [-0.4, -0.2) is 20.5 Å². The van der Waals surface area contributed by atoms with E-state index in [2.05, 4.69) is 10.1 Å². The van der Waals surface area contributed by atoms with Crippen LogP contribution in [0.25, 0.3) is 10.9 Å². The number of aryl methyl sites for hydroxylation is 1. The Morgan fingerprint density at radius 2 is 2.09 bits per heavy atom. The van der Waals surface area contributed by atoms with Crippen molar-refractivity contribution >= 4 is 16.7 Å². The van der Waals surface area contributed by atoms with Gasteiger partial charge in [0.1, 0.15) is 18.2 Å². The smallest absolute Gasteiger partial charge is 0.285 e. The lowest BCUT2D eigenvalue weighted by atomic mass is 10.1. The van der Waals surface area contributed by atoms with Crippen LogP contribution in [0.3, 0.4) is 0 Å². The fourth-order valence-electron chi connectivity index (χ4n) is 2.53. The van der Waals surface area contributed by atoms with Crippen LogP contribution < -0.4 is 5.56 Å². The van der Waals surface area contributed by atoms with Crippen LogP contribution in [0.2, 0.25) is 0 Å². The van der Waals surface area contributed by atoms with E-state index in [-0.39, 0.29) is 17.9 Å². The summed E-state index contributed by atoms with van der Waals surface area (Å²) < 4.78 is 1.06. The van der Waals surface area contributed by atoms with Gasteiger partial charge in [-0.2, -0.15) is 10.4 Å². The number of hydrogen-bond donors (Lipinski definition) is 1. The van der Waals surface area contributed by atoms with E-state index in [4.69, 9.17) is 5.26 Å². The van der Waals surface area contributed by atoms with Gasteiger partial charge in [-0.3, -0.25) is 9.59 Å². The Hall–Kier alpha value is -3.20. The Kier molecular flexibility index (Phi) is 3.54. The normalized spacial score (nSPS) is 10.7. The van der Waals surface area contributed by atoms with Crippen LogP contribution in [-0.2, 0) is 6.54 Å². The number of ketones is 1. The number of Topliss-reactive ketones (excluding diaryl/α,β-unsaturated/α-hetero) is 1. The van der Waals surface area contributed by atoms with E-state index in [0.29, 0.717) is 16.8 Å². The number of hydrogen-bond acceptors (Lipinski definition) is 4. The first-order chi connectivity index (χ1) is 11.0. The molecule has 0 fully saturated rings. The van der Waals surface area contributed by atoms with Gasteiger partial charge in [0.2, 0.25) is 0 Å². The largest absolute Gasteiger partial charge is 0.360 e. The van der Waals surface area contributed by atoms with Crippen molar-refractivity contribution in [3.05, 3.63) is 63.2 Å². The maximum Gasteiger partial charge on any atom is 0.285 e. The quantitative estimate of drug-likeness (QED) is 0.750. The Balaban J connectivity index is 2.03. The molecule has 6 nitrogen and oxygen atoms in total. The molecular weight excluding hydrogens is 292 g/mol. The number of nitriles is 1. The summed E-state index contributed by atoms with van der Waals surface area (Å²) in [5.74, 6) is -0.232. The number of carbonyl (C=O) groups excluding carboxylic acids is 1. The lowest BCUT2D eigenvalue weighted by Gasteiger charge is -2.08. The van der Waals surface area contributed by atoms with Crippen molar-refractivity contribution in [3.63, 3.8) is 0 Å². The van der Waals surface area contributed by atoms with E-state index >= 15 is 0 Å². The predicted molar refractivity (Wildman–Crippen MR) is 85.3 cm³/mol. The molecule has 0 saturated carbocycles. The summed E-state index contributed by atoms with van der Waals surface area (Å²) in [6.07, 6.45) is 1.63. The van der Waals surface area contributed by atoms with Crippen LogP contribution in [0.4, 0.5) is 0 Å². The molecule has 1 aromatic carbocycles. The van der Waals surface area contributed by atoms with Gasteiger partial charge in [-0.05, 0) is 25.5 Å². The summed E-state index contributed by atoms with van der Waals surface area (Å²) in [5.41, 5.74) is 1.97. The molecule has 0 amide bonds. The minimum absolute atomic E-state index is 0.0317. The highest BCUT2D eigenvalue weighted by atomic mass is 16.1. The van der Waals surface area contributed by atoms with E-state index in [9.17, 15) is 9.59 Å². The van der Waals surface area contributed by atoms with Crippen molar-refractivity contribution in [2.24, 2.45) is 0 Å². The van der Waals surface area contributed by atoms with Gasteiger partial charge in [0.05, 0.1) is 5.69 Å². The van der Waals surface area contributed by atoms with E-state index < -0.39 is 5.56 Å². The summed E-state index contributed by atoms with van der Waals surface area (Å²) in [5, 5.41) is 14.1. The second-order valence-corrected chi connectivity index (χ2v) is 5.33. The van der Waals surface area contributed by atoms with Crippen molar-refractivity contribution in [1.29, 1.82) is 5.26 Å². The fraction of sp³-hybridized carbons (Fsp3) is 0.176. The van der Waals surface area contributed by atoms with Gasteiger partial charge in [0.15, 0.2) is 5.78 Å². The van der Waals surface area contributed by atoms with Crippen molar-refractivity contribution in [3.8, 4) is 6.07 Å². The molecule has 3 aromatic rings. The molecule has 2 heterocycles. The number of rotatable bonds is 3. The standard InChI is InChI=1S/C17H14N4O2/c1-10-11(2)20-21(17(23)13(10)7-18)9-16(22)14-8-19-15-6-4-3-5-12(14)15/h3-6,8,19H,9H2,1-2H3. The molecule has 0 saturated heterocycles. The summed E-state index contributed by atoms with van der Waals surface area (Å²) in [7, 11) is 0. The third-order valence-electron chi connectivity index (χ3n) is 3.93. The Labute approximate surface area is 132 Å². The SMILES string of the molecule is Cc1nn(CC(=O)c2c[nH]c3ccccc23)c(=O)c(C#N)c1C. The summed E-state index contributed by atoms with van der Waals surface area (Å²) in [6.45, 7) is 3.19. The monoisotopic (exact) mass is 306 g/mol. The van der Waals surface area contributed by atoms with Crippen molar-refractivity contribution in [2.45, 2.75) is 20.4 Å². The highest BCUT2D eigenvalue weighted by Crippen LogP contribution is 2.18. The van der Waals surface area contributed by atoms with Crippen LogP contribution in [0.5, 0.6) is 0 Å². The molecule has 3 rings (SSSR count). The minimum atomic E-state index is -0.538. The minimum Gasteiger partial charge on any atom is -0.360 e. The molecule has 0 unspecified atom stereocenters. The average Bonchev–Trinajstić information content (AvgIpc) is 2.97. The topological polar surface area (TPSA) is 91.5 Å². The summed E-state index contributed by atoms with van der Waals surface area (Å²) in [6, 6.07) is 9.34. The van der Waals surface area contributed by atoms with Crippen LogP contribution in [0, 0.1) is 25.2 Å². The summed E-state index contributed by atoms with van der Waals surface area (Å²) >= 11 is 0. The first kappa shape index (κ1) is 14.7. The highest BCUT2D eigenvalue weighted by molar-refractivity contribution is 6.07. The number of aromatic nitrogens is 3. The third-order valence-corrected chi connectivity index (χ3v) is 3.93. The lowest BCUT2D eigenvalue weighted by molar-refractivity contribution is 0.0967. The van der Waals surface area contributed by atoms with Gasteiger partial charge in [0.25, 0.3) is 5.56 Å². The van der Waals surface area contributed by atoms with Crippen molar-refractivity contribution in [1.82, 2.24) is 14.8 Å². The van der Waals surface area contributed by atoms with Crippen LogP contribution in [0.15, 0.2) is 35.3 Å². The predicted octanol–water partition coefficient (Wildman–Crippen LogP) is 2.10. The summed E-state index contributed by atoms with van der Waals surface area (Å²) in [4.78, 5) is 27.8. The molecule has 0 atom stereocenters. The Morgan fingerprint density at radius 3 is 2.83 bits per heavy atom. The first-order valence-corrected chi connectivity index (χ1v) is 7.10. The second-order valence-electron chi connectivity index (χ2n) is 5.33. The molecule has 114 valence electrons. The third kappa shape index (κ3) is 2.42. The average molecular weight is 306 g/mol. The van der Waals surface area contributed by atoms with E-state index in [0.717, 1.165) is 15.6 Å². The van der Waals surface area contributed by atoms with Gasteiger partial charge in [-0.15, -0.1) is 0 Å². The fourth-order valence-corrected chi connectivity index (χ4v) is 2.53. The number of aromatic amines is 1. The van der Waals surface area contributed by atoms with Crippen molar-refractivity contribution < 1.29 is 4.79 Å². The molecule has 0 spiro atoms. The zero-order valence-electron chi connectivity index (χ0n) is 12.8. The molecule has 0 aliphatic rings. The number of nitrogens with zero attached hydrogens (tertiary/aromatic N) is 3. The Morgan fingerprint density at radius 1 is 1.35 bits per heavy atom. The maximum absolute atomic E-state index is 12.5. The highest BCUT2D eigenvalue weighted by Gasteiger charge is 2.17. The van der Waals surface area contributed by atoms with E-state index in [1.54, 1.807) is 20.0 Å². The maximum atomic E-state index is 12.5. The van der Waals surface area contributed by atoms with Gasteiger partial charge in [0, 0.05) is 22.7 Å². The molecule has 23 heavy (non-hydrogen) atoms. The number of nitrogens with one attached hydrogen (secondary N) is 1. The van der Waals surface area contributed by atoms with Gasteiger partial charge < -0.3 is 4.98 Å².